The number of rotatable bonds is 4. The maximum atomic E-state index is 12.3. The Labute approximate surface area is 123 Å². The van der Waals surface area contributed by atoms with Crippen LogP contribution >= 0.6 is 0 Å². The number of carbonyl (C=O) groups excluding carboxylic acids is 1. The van der Waals surface area contributed by atoms with E-state index in [0.29, 0.717) is 24.0 Å². The molecular formula is C16H18N2O3. The van der Waals surface area contributed by atoms with Crippen molar-refractivity contribution >= 4 is 11.9 Å². The van der Waals surface area contributed by atoms with Crippen molar-refractivity contribution in [2.45, 2.75) is 44.1 Å². The molecule has 0 heterocycles. The van der Waals surface area contributed by atoms with E-state index in [1.54, 1.807) is 24.3 Å². The van der Waals surface area contributed by atoms with Gasteiger partial charge in [-0.15, -0.1) is 0 Å². The third-order valence-electron chi connectivity index (χ3n) is 3.96. The van der Waals surface area contributed by atoms with E-state index in [2.05, 4.69) is 5.32 Å². The summed E-state index contributed by atoms with van der Waals surface area (Å²) >= 11 is 0. The van der Waals surface area contributed by atoms with Crippen molar-refractivity contribution < 1.29 is 14.7 Å². The number of benzene rings is 1. The van der Waals surface area contributed by atoms with E-state index in [4.69, 9.17) is 10.4 Å². The second kappa shape index (κ2) is 6.40. The number of hydrogen-bond donors (Lipinski definition) is 2. The molecule has 0 saturated heterocycles. The topological polar surface area (TPSA) is 90.2 Å². The Hall–Kier alpha value is -2.35. The van der Waals surface area contributed by atoms with Crippen molar-refractivity contribution in [3.8, 4) is 6.07 Å². The highest BCUT2D eigenvalue weighted by molar-refractivity contribution is 5.95. The van der Waals surface area contributed by atoms with Crippen LogP contribution in [0.2, 0.25) is 0 Å². The molecule has 0 spiro atoms. The highest BCUT2D eigenvalue weighted by Gasteiger charge is 2.35. The summed E-state index contributed by atoms with van der Waals surface area (Å²) in [7, 11) is 0. The lowest BCUT2D eigenvalue weighted by Gasteiger charge is -2.37. The molecule has 1 saturated carbocycles. The Bertz CT molecular complexity index is 566. The predicted molar refractivity (Wildman–Crippen MR) is 76.7 cm³/mol. The molecule has 110 valence electrons. The van der Waals surface area contributed by atoms with E-state index in [0.717, 1.165) is 19.3 Å². The second-order valence-electron chi connectivity index (χ2n) is 5.55. The average molecular weight is 286 g/mol. The van der Waals surface area contributed by atoms with Crippen LogP contribution in [0, 0.1) is 11.3 Å². The van der Waals surface area contributed by atoms with Crippen molar-refractivity contribution in [1.29, 1.82) is 5.26 Å². The van der Waals surface area contributed by atoms with E-state index in [-0.39, 0.29) is 12.3 Å². The fourth-order valence-corrected chi connectivity index (χ4v) is 2.87. The van der Waals surface area contributed by atoms with Crippen molar-refractivity contribution in [2.75, 3.05) is 0 Å². The minimum absolute atomic E-state index is 0.0466. The number of nitrogens with one attached hydrogen (secondary N) is 1. The van der Waals surface area contributed by atoms with Gasteiger partial charge in [0.15, 0.2) is 0 Å². The Balaban J connectivity index is 2.13. The summed E-state index contributed by atoms with van der Waals surface area (Å²) in [5.41, 5.74) is 0.295. The van der Waals surface area contributed by atoms with Crippen molar-refractivity contribution in [3.63, 3.8) is 0 Å². The molecule has 1 aliphatic carbocycles. The number of carboxylic acids is 1. The number of aliphatic carboxylic acids is 1. The molecule has 1 aromatic rings. The first kappa shape index (κ1) is 15.0. The van der Waals surface area contributed by atoms with Gasteiger partial charge in [-0.05, 0) is 37.1 Å². The lowest BCUT2D eigenvalue weighted by atomic mass is 9.79. The predicted octanol–water partition coefficient (Wildman–Crippen LogP) is 2.47. The molecule has 0 unspecified atom stereocenters. The number of carbonyl (C=O) groups is 2. The maximum absolute atomic E-state index is 12.3. The first-order chi connectivity index (χ1) is 10.0. The molecular weight excluding hydrogens is 268 g/mol. The molecule has 21 heavy (non-hydrogen) atoms. The van der Waals surface area contributed by atoms with Gasteiger partial charge in [-0.1, -0.05) is 19.3 Å². The van der Waals surface area contributed by atoms with Gasteiger partial charge in [0.25, 0.3) is 5.91 Å². The molecule has 1 fully saturated rings. The maximum Gasteiger partial charge on any atom is 0.305 e. The number of nitrogens with zero attached hydrogens (tertiary/aromatic N) is 1. The summed E-state index contributed by atoms with van der Waals surface area (Å²) in [4.78, 5) is 23.4. The van der Waals surface area contributed by atoms with Crippen molar-refractivity contribution in [2.24, 2.45) is 0 Å². The SMILES string of the molecule is N#Cc1ccc(C(=O)NC2(CC(=O)O)CCCCC2)cc1. The van der Waals surface area contributed by atoms with E-state index in [1.165, 1.54) is 0 Å². The van der Waals surface area contributed by atoms with Crippen LogP contribution in [0.5, 0.6) is 0 Å². The largest absolute Gasteiger partial charge is 0.481 e. The molecule has 2 rings (SSSR count). The normalized spacial score (nSPS) is 16.7. The van der Waals surface area contributed by atoms with Crippen LogP contribution < -0.4 is 5.32 Å². The second-order valence-corrected chi connectivity index (χ2v) is 5.55. The van der Waals surface area contributed by atoms with Gasteiger partial charge in [0.1, 0.15) is 0 Å². The Morgan fingerprint density at radius 3 is 2.33 bits per heavy atom. The lowest BCUT2D eigenvalue weighted by molar-refractivity contribution is -0.139. The summed E-state index contributed by atoms with van der Waals surface area (Å²) in [5, 5.41) is 20.8. The van der Waals surface area contributed by atoms with Gasteiger partial charge in [-0.25, -0.2) is 0 Å². The molecule has 2 N–H and O–H groups in total. The van der Waals surface area contributed by atoms with Crippen molar-refractivity contribution in [1.82, 2.24) is 5.32 Å². The van der Waals surface area contributed by atoms with Crippen LogP contribution in [0.4, 0.5) is 0 Å². The van der Waals surface area contributed by atoms with Gasteiger partial charge in [0.2, 0.25) is 0 Å². The van der Waals surface area contributed by atoms with Gasteiger partial charge in [-0.2, -0.15) is 5.26 Å². The van der Waals surface area contributed by atoms with E-state index >= 15 is 0 Å². The Morgan fingerprint density at radius 1 is 1.19 bits per heavy atom. The summed E-state index contributed by atoms with van der Waals surface area (Å²) in [5.74, 6) is -1.17. The van der Waals surface area contributed by atoms with Crippen LogP contribution in [0.3, 0.4) is 0 Å². The lowest BCUT2D eigenvalue weighted by Crippen LogP contribution is -2.51. The molecule has 5 heteroatoms. The molecule has 0 radical (unpaired) electrons. The summed E-state index contributed by atoms with van der Waals surface area (Å²) in [6.07, 6.45) is 4.29. The number of hydrogen-bond acceptors (Lipinski definition) is 3. The number of amides is 1. The highest BCUT2D eigenvalue weighted by atomic mass is 16.4. The van der Waals surface area contributed by atoms with Gasteiger partial charge < -0.3 is 10.4 Å². The van der Waals surface area contributed by atoms with Gasteiger partial charge >= 0.3 is 5.97 Å². The summed E-state index contributed by atoms with van der Waals surface area (Å²) in [6, 6.07) is 8.34. The minimum atomic E-state index is -0.892. The first-order valence-corrected chi connectivity index (χ1v) is 7.09. The third-order valence-corrected chi connectivity index (χ3v) is 3.96. The Morgan fingerprint density at radius 2 is 1.81 bits per heavy atom. The molecule has 1 aliphatic rings. The van der Waals surface area contributed by atoms with Crippen LogP contribution in [0.15, 0.2) is 24.3 Å². The van der Waals surface area contributed by atoms with Crippen LogP contribution in [0.25, 0.3) is 0 Å². The quantitative estimate of drug-likeness (QED) is 0.889. The smallest absolute Gasteiger partial charge is 0.305 e. The van der Waals surface area contributed by atoms with E-state index in [9.17, 15) is 9.59 Å². The molecule has 5 nitrogen and oxygen atoms in total. The molecule has 0 atom stereocenters. The Kier molecular flexibility index (Phi) is 4.59. The van der Waals surface area contributed by atoms with Gasteiger partial charge in [-0.3, -0.25) is 9.59 Å². The van der Waals surface area contributed by atoms with Crippen LogP contribution in [-0.2, 0) is 4.79 Å². The molecule has 0 aliphatic heterocycles. The van der Waals surface area contributed by atoms with E-state index < -0.39 is 11.5 Å². The summed E-state index contributed by atoms with van der Waals surface area (Å²) in [6.45, 7) is 0. The van der Waals surface area contributed by atoms with Gasteiger partial charge in [0, 0.05) is 5.56 Å². The molecule has 0 bridgehead atoms. The fraction of sp³-hybridized carbons (Fsp3) is 0.438. The molecule has 1 amide bonds. The summed E-state index contributed by atoms with van der Waals surface area (Å²) < 4.78 is 0. The zero-order chi connectivity index (χ0) is 15.3. The minimum Gasteiger partial charge on any atom is -0.481 e. The highest BCUT2D eigenvalue weighted by Crippen LogP contribution is 2.31. The first-order valence-electron chi connectivity index (χ1n) is 7.09. The standard InChI is InChI=1S/C16H18N2O3/c17-11-12-4-6-13(7-5-12)15(21)18-16(10-14(19)20)8-2-1-3-9-16/h4-7H,1-3,8-10H2,(H,18,21)(H,19,20). The third kappa shape index (κ3) is 3.82. The zero-order valence-electron chi connectivity index (χ0n) is 11.8. The van der Waals surface area contributed by atoms with Crippen LogP contribution in [-0.4, -0.2) is 22.5 Å². The number of carboxylic acid groups (broad SMARTS) is 1. The zero-order valence-corrected chi connectivity index (χ0v) is 11.8. The molecule has 1 aromatic carbocycles. The molecule has 0 aromatic heterocycles. The monoisotopic (exact) mass is 286 g/mol. The average Bonchev–Trinajstić information content (AvgIpc) is 2.47. The van der Waals surface area contributed by atoms with Crippen LogP contribution in [0.1, 0.15) is 54.4 Å². The van der Waals surface area contributed by atoms with Crippen molar-refractivity contribution in [3.05, 3.63) is 35.4 Å². The fourth-order valence-electron chi connectivity index (χ4n) is 2.87. The van der Waals surface area contributed by atoms with Gasteiger partial charge in [0.05, 0.1) is 23.6 Å². The van der Waals surface area contributed by atoms with E-state index in [1.807, 2.05) is 6.07 Å². The number of nitriles is 1.